The minimum Gasteiger partial charge on any atom is -0.480 e. The lowest BCUT2D eigenvalue weighted by Crippen LogP contribution is -2.56. The third kappa shape index (κ3) is 1.65. The minimum atomic E-state index is -1.01. The average molecular weight is 185 g/mol. The van der Waals surface area contributed by atoms with Crippen molar-refractivity contribution in [2.45, 2.75) is 25.0 Å². The van der Waals surface area contributed by atoms with Crippen molar-refractivity contribution in [1.82, 2.24) is 5.32 Å². The summed E-state index contributed by atoms with van der Waals surface area (Å²) >= 11 is 0. The maximum absolute atomic E-state index is 10.9. The number of morpholine rings is 1. The molecule has 2 fully saturated rings. The van der Waals surface area contributed by atoms with Crippen LogP contribution < -0.4 is 5.32 Å². The zero-order valence-electron chi connectivity index (χ0n) is 7.03. The number of ether oxygens (including phenoxy) is 1. The lowest BCUT2D eigenvalue weighted by atomic mass is 10.1. The number of rotatable bonds is 2. The lowest BCUT2D eigenvalue weighted by molar-refractivity contribution is -0.155. The van der Waals surface area contributed by atoms with Crippen molar-refractivity contribution in [3.8, 4) is 0 Å². The van der Waals surface area contributed by atoms with Crippen LogP contribution in [-0.4, -0.2) is 35.7 Å². The molecule has 5 heteroatoms. The van der Waals surface area contributed by atoms with Gasteiger partial charge in [0.2, 0.25) is 5.91 Å². The van der Waals surface area contributed by atoms with Crippen molar-refractivity contribution in [2.75, 3.05) is 6.61 Å². The summed E-state index contributed by atoms with van der Waals surface area (Å²) in [4.78, 5) is 21.6. The van der Waals surface area contributed by atoms with E-state index in [0.717, 1.165) is 12.8 Å². The number of hydrogen-bond donors (Lipinski definition) is 2. The highest BCUT2D eigenvalue weighted by molar-refractivity contribution is 5.85. The summed E-state index contributed by atoms with van der Waals surface area (Å²) < 4.78 is 5.20. The number of carboxylic acids is 1. The summed E-state index contributed by atoms with van der Waals surface area (Å²) in [7, 11) is 0. The Morgan fingerprint density at radius 1 is 1.54 bits per heavy atom. The van der Waals surface area contributed by atoms with E-state index in [1.807, 2.05) is 0 Å². The van der Waals surface area contributed by atoms with E-state index in [-0.39, 0.29) is 18.6 Å². The highest BCUT2D eigenvalue weighted by Gasteiger charge is 2.44. The van der Waals surface area contributed by atoms with Gasteiger partial charge in [0.1, 0.15) is 6.61 Å². The van der Waals surface area contributed by atoms with Gasteiger partial charge in [-0.2, -0.15) is 0 Å². The van der Waals surface area contributed by atoms with Crippen LogP contribution in [0.4, 0.5) is 0 Å². The van der Waals surface area contributed by atoms with Gasteiger partial charge in [0.15, 0.2) is 6.04 Å². The highest BCUT2D eigenvalue weighted by atomic mass is 16.5. The van der Waals surface area contributed by atoms with E-state index in [9.17, 15) is 9.59 Å². The normalized spacial score (nSPS) is 34.0. The summed E-state index contributed by atoms with van der Waals surface area (Å²) in [5.41, 5.74) is 0. The number of amides is 1. The van der Waals surface area contributed by atoms with Crippen molar-refractivity contribution in [3.63, 3.8) is 0 Å². The molecular weight excluding hydrogens is 174 g/mol. The number of carbonyl (C=O) groups excluding carboxylic acids is 1. The van der Waals surface area contributed by atoms with E-state index in [4.69, 9.17) is 9.84 Å². The van der Waals surface area contributed by atoms with E-state index in [2.05, 4.69) is 5.32 Å². The zero-order chi connectivity index (χ0) is 9.42. The lowest BCUT2D eigenvalue weighted by Gasteiger charge is -2.29. The molecule has 1 aliphatic heterocycles. The molecule has 2 unspecified atom stereocenters. The highest BCUT2D eigenvalue weighted by Crippen LogP contribution is 2.36. The zero-order valence-corrected chi connectivity index (χ0v) is 7.03. The second kappa shape index (κ2) is 2.99. The topological polar surface area (TPSA) is 75.6 Å². The van der Waals surface area contributed by atoms with Crippen molar-refractivity contribution in [2.24, 2.45) is 5.92 Å². The van der Waals surface area contributed by atoms with Gasteiger partial charge < -0.3 is 15.2 Å². The van der Waals surface area contributed by atoms with Crippen LogP contribution in [0, 0.1) is 5.92 Å². The van der Waals surface area contributed by atoms with Crippen molar-refractivity contribution in [1.29, 1.82) is 0 Å². The van der Waals surface area contributed by atoms with Gasteiger partial charge in [0.25, 0.3) is 0 Å². The van der Waals surface area contributed by atoms with Crippen LogP contribution in [0.1, 0.15) is 12.8 Å². The number of aliphatic carboxylic acids is 1. The molecule has 0 aromatic heterocycles. The van der Waals surface area contributed by atoms with Gasteiger partial charge in [-0.3, -0.25) is 4.79 Å². The van der Waals surface area contributed by atoms with Crippen molar-refractivity contribution in [3.05, 3.63) is 0 Å². The van der Waals surface area contributed by atoms with Crippen LogP contribution in [-0.2, 0) is 14.3 Å². The molecule has 0 radical (unpaired) electrons. The smallest absolute Gasteiger partial charge is 0.328 e. The Bertz CT molecular complexity index is 249. The van der Waals surface area contributed by atoms with Crippen LogP contribution in [0.2, 0.25) is 0 Å². The SMILES string of the molecule is O=C1COC(C2CC2)C(C(=O)O)N1. The average Bonchev–Trinajstić information content (AvgIpc) is 2.87. The maximum atomic E-state index is 10.9. The number of hydrogen-bond acceptors (Lipinski definition) is 3. The first-order chi connectivity index (χ1) is 6.18. The van der Waals surface area contributed by atoms with Gasteiger partial charge in [0.05, 0.1) is 6.10 Å². The molecule has 0 aromatic rings. The molecule has 1 amide bonds. The molecule has 1 saturated heterocycles. The molecular formula is C8H11NO4. The Morgan fingerprint density at radius 3 is 2.77 bits per heavy atom. The van der Waals surface area contributed by atoms with Gasteiger partial charge in [0, 0.05) is 0 Å². The fraction of sp³-hybridized carbons (Fsp3) is 0.750. The fourth-order valence-electron chi connectivity index (χ4n) is 1.60. The molecule has 1 aliphatic carbocycles. The Labute approximate surface area is 75.1 Å². The number of carbonyl (C=O) groups is 2. The third-order valence-electron chi connectivity index (χ3n) is 2.40. The Morgan fingerprint density at radius 2 is 2.23 bits per heavy atom. The fourth-order valence-corrected chi connectivity index (χ4v) is 1.60. The van der Waals surface area contributed by atoms with E-state index in [1.54, 1.807) is 0 Å². The van der Waals surface area contributed by atoms with E-state index >= 15 is 0 Å². The summed E-state index contributed by atoms with van der Waals surface area (Å²) in [5, 5.41) is 11.2. The summed E-state index contributed by atoms with van der Waals surface area (Å²) in [6.45, 7) is -0.00898. The summed E-state index contributed by atoms with van der Waals surface area (Å²) in [5.74, 6) is -1.03. The van der Waals surface area contributed by atoms with E-state index in [0.29, 0.717) is 5.92 Å². The second-order valence-electron chi connectivity index (χ2n) is 3.50. The standard InChI is InChI=1S/C8H11NO4/c10-5-3-13-7(4-1-2-4)6(9-5)8(11)12/h4,6-7H,1-3H2,(H,9,10)(H,11,12). The molecule has 5 nitrogen and oxygen atoms in total. The predicted octanol–water partition coefficient (Wildman–Crippen LogP) is -0.635. The first kappa shape index (κ1) is 8.50. The molecule has 0 bridgehead atoms. The van der Waals surface area contributed by atoms with E-state index in [1.165, 1.54) is 0 Å². The first-order valence-corrected chi connectivity index (χ1v) is 4.32. The van der Waals surface area contributed by atoms with Crippen LogP contribution in [0.25, 0.3) is 0 Å². The molecule has 2 aliphatic rings. The monoisotopic (exact) mass is 185 g/mol. The summed E-state index contributed by atoms with van der Waals surface area (Å²) in [6, 6.07) is -0.853. The predicted molar refractivity (Wildman–Crippen MR) is 42.0 cm³/mol. The van der Waals surface area contributed by atoms with Crippen molar-refractivity contribution >= 4 is 11.9 Å². The van der Waals surface area contributed by atoms with Crippen LogP contribution in [0.3, 0.4) is 0 Å². The summed E-state index contributed by atoms with van der Waals surface area (Å²) in [6.07, 6.45) is 1.68. The van der Waals surface area contributed by atoms with Crippen molar-refractivity contribution < 1.29 is 19.4 Å². The second-order valence-corrected chi connectivity index (χ2v) is 3.50. The quantitative estimate of drug-likeness (QED) is 0.600. The van der Waals surface area contributed by atoms with Gasteiger partial charge in [-0.1, -0.05) is 0 Å². The molecule has 2 N–H and O–H groups in total. The number of nitrogens with one attached hydrogen (secondary N) is 1. The Balaban J connectivity index is 2.06. The van der Waals surface area contributed by atoms with Gasteiger partial charge in [-0.05, 0) is 18.8 Å². The molecule has 1 heterocycles. The van der Waals surface area contributed by atoms with E-state index < -0.39 is 12.0 Å². The molecule has 2 rings (SSSR count). The van der Waals surface area contributed by atoms with Crippen LogP contribution >= 0.6 is 0 Å². The molecule has 13 heavy (non-hydrogen) atoms. The molecule has 0 aromatic carbocycles. The number of carboxylic acid groups (broad SMARTS) is 1. The Hall–Kier alpha value is -1.10. The van der Waals surface area contributed by atoms with Crippen LogP contribution in [0.5, 0.6) is 0 Å². The maximum Gasteiger partial charge on any atom is 0.328 e. The molecule has 72 valence electrons. The minimum absolute atomic E-state index is 0.00898. The third-order valence-corrected chi connectivity index (χ3v) is 2.40. The van der Waals surface area contributed by atoms with Gasteiger partial charge in [-0.15, -0.1) is 0 Å². The largest absolute Gasteiger partial charge is 0.480 e. The first-order valence-electron chi connectivity index (χ1n) is 4.32. The van der Waals surface area contributed by atoms with Gasteiger partial charge in [-0.25, -0.2) is 4.79 Å². The molecule has 2 atom stereocenters. The molecule has 0 spiro atoms. The van der Waals surface area contributed by atoms with Gasteiger partial charge >= 0.3 is 5.97 Å². The Kier molecular flexibility index (Phi) is 1.95. The molecule has 1 saturated carbocycles. The van der Waals surface area contributed by atoms with Crippen LogP contribution in [0.15, 0.2) is 0 Å².